The van der Waals surface area contributed by atoms with Crippen LogP contribution in [0.4, 0.5) is 0 Å². The first-order valence-corrected chi connectivity index (χ1v) is 10.6. The Kier molecular flexibility index (Phi) is 6.23. The summed E-state index contributed by atoms with van der Waals surface area (Å²) in [6.07, 6.45) is 1.81. The molecule has 31 heavy (non-hydrogen) atoms. The van der Waals surface area contributed by atoms with E-state index in [-0.39, 0.29) is 11.9 Å². The smallest absolute Gasteiger partial charge is 0.251 e. The van der Waals surface area contributed by atoms with Gasteiger partial charge in [0.2, 0.25) is 0 Å². The molecule has 0 aliphatic carbocycles. The molecule has 1 N–H and O–H groups in total. The maximum absolute atomic E-state index is 12.9. The van der Waals surface area contributed by atoms with Gasteiger partial charge in [0, 0.05) is 16.0 Å². The third kappa shape index (κ3) is 4.89. The Morgan fingerprint density at radius 2 is 1.84 bits per heavy atom. The molecule has 158 valence electrons. The van der Waals surface area contributed by atoms with Crippen molar-refractivity contribution in [1.82, 2.24) is 15.1 Å². The van der Waals surface area contributed by atoms with E-state index in [1.54, 1.807) is 0 Å². The number of rotatable bonds is 7. The van der Waals surface area contributed by atoms with Crippen LogP contribution in [0, 0.1) is 0 Å². The van der Waals surface area contributed by atoms with Crippen LogP contribution in [0.25, 0.3) is 10.9 Å². The Morgan fingerprint density at radius 3 is 2.55 bits per heavy atom. The molecule has 0 bridgehead atoms. The van der Waals surface area contributed by atoms with Crippen molar-refractivity contribution in [2.45, 2.75) is 26.4 Å². The topological polar surface area (TPSA) is 56.1 Å². The maximum atomic E-state index is 12.9. The van der Waals surface area contributed by atoms with E-state index in [9.17, 15) is 4.79 Å². The molecule has 0 spiro atoms. The van der Waals surface area contributed by atoms with Gasteiger partial charge in [0.1, 0.15) is 5.75 Å². The van der Waals surface area contributed by atoms with Gasteiger partial charge in [-0.15, -0.1) is 0 Å². The van der Waals surface area contributed by atoms with Gasteiger partial charge >= 0.3 is 0 Å². The van der Waals surface area contributed by atoms with Crippen LogP contribution in [-0.4, -0.2) is 22.3 Å². The predicted octanol–water partition coefficient (Wildman–Crippen LogP) is 5.63. The minimum atomic E-state index is -0.127. The molecule has 0 saturated carbocycles. The fourth-order valence-electron chi connectivity index (χ4n) is 3.48. The average molecular weight is 434 g/mol. The van der Waals surface area contributed by atoms with Gasteiger partial charge in [-0.1, -0.05) is 41.9 Å². The highest BCUT2D eigenvalue weighted by atomic mass is 35.5. The number of hydrogen-bond donors (Lipinski definition) is 1. The molecule has 0 radical (unpaired) electrons. The quantitative estimate of drug-likeness (QED) is 0.411. The monoisotopic (exact) mass is 433 g/mol. The maximum Gasteiger partial charge on any atom is 0.251 e. The van der Waals surface area contributed by atoms with Crippen molar-refractivity contribution in [1.29, 1.82) is 0 Å². The third-order valence-electron chi connectivity index (χ3n) is 5.19. The summed E-state index contributed by atoms with van der Waals surface area (Å²) in [5.74, 6) is 0.701. The molecule has 0 saturated heterocycles. The number of ether oxygens (including phenoxy) is 1. The number of amides is 1. The SMILES string of the molecule is CCOc1ccc([C@@H](C)NC(=O)c2ccc3cnn(Cc4ccc(Cl)cc4)c3c2)cc1. The summed E-state index contributed by atoms with van der Waals surface area (Å²) >= 11 is 5.98. The van der Waals surface area contributed by atoms with E-state index in [1.165, 1.54) is 0 Å². The molecule has 0 aliphatic rings. The van der Waals surface area contributed by atoms with E-state index in [4.69, 9.17) is 16.3 Å². The van der Waals surface area contributed by atoms with Crippen LogP contribution < -0.4 is 10.1 Å². The van der Waals surface area contributed by atoms with Gasteiger partial charge in [-0.05, 0) is 61.4 Å². The zero-order chi connectivity index (χ0) is 21.8. The molecule has 0 aliphatic heterocycles. The summed E-state index contributed by atoms with van der Waals surface area (Å²) in [5.41, 5.74) is 3.62. The van der Waals surface area contributed by atoms with Crippen molar-refractivity contribution in [3.63, 3.8) is 0 Å². The first kappa shape index (κ1) is 20.9. The van der Waals surface area contributed by atoms with Crippen molar-refractivity contribution < 1.29 is 9.53 Å². The number of carbonyl (C=O) groups excluding carboxylic acids is 1. The molecule has 0 fully saturated rings. The summed E-state index contributed by atoms with van der Waals surface area (Å²) in [6, 6.07) is 21.0. The molecule has 1 amide bonds. The fourth-order valence-corrected chi connectivity index (χ4v) is 3.61. The lowest BCUT2D eigenvalue weighted by Crippen LogP contribution is -2.26. The molecule has 4 aromatic rings. The van der Waals surface area contributed by atoms with Crippen molar-refractivity contribution >= 4 is 28.4 Å². The largest absolute Gasteiger partial charge is 0.494 e. The molecule has 1 atom stereocenters. The van der Waals surface area contributed by atoms with Gasteiger partial charge in [-0.2, -0.15) is 5.10 Å². The first-order valence-electron chi connectivity index (χ1n) is 10.3. The Hall–Kier alpha value is -3.31. The zero-order valence-corrected chi connectivity index (χ0v) is 18.3. The number of benzene rings is 3. The van der Waals surface area contributed by atoms with Crippen LogP contribution >= 0.6 is 11.6 Å². The Bertz CT molecular complexity index is 1180. The van der Waals surface area contributed by atoms with Crippen molar-refractivity contribution in [3.8, 4) is 5.75 Å². The molecule has 1 aromatic heterocycles. The van der Waals surface area contributed by atoms with E-state index in [1.807, 2.05) is 91.5 Å². The van der Waals surface area contributed by atoms with E-state index >= 15 is 0 Å². The van der Waals surface area contributed by atoms with Crippen LogP contribution in [0.15, 0.2) is 72.9 Å². The van der Waals surface area contributed by atoms with Crippen LogP contribution in [0.1, 0.15) is 41.4 Å². The number of nitrogens with zero attached hydrogens (tertiary/aromatic N) is 2. The molecule has 0 unspecified atom stereocenters. The Balaban J connectivity index is 1.50. The molecule has 1 heterocycles. The molecule has 5 nitrogen and oxygen atoms in total. The number of halogens is 1. The predicted molar refractivity (Wildman–Crippen MR) is 124 cm³/mol. The number of aromatic nitrogens is 2. The number of fused-ring (bicyclic) bond motifs is 1. The normalized spacial score (nSPS) is 12.0. The lowest BCUT2D eigenvalue weighted by Gasteiger charge is -2.15. The van der Waals surface area contributed by atoms with Gasteiger partial charge < -0.3 is 10.1 Å². The Labute approximate surface area is 186 Å². The molecular formula is C25H24ClN3O2. The van der Waals surface area contributed by atoms with E-state index in [2.05, 4.69) is 10.4 Å². The molecular weight excluding hydrogens is 410 g/mol. The second-order valence-electron chi connectivity index (χ2n) is 7.40. The first-order chi connectivity index (χ1) is 15.0. The lowest BCUT2D eigenvalue weighted by molar-refractivity contribution is 0.0940. The fraction of sp³-hybridized carbons (Fsp3) is 0.200. The summed E-state index contributed by atoms with van der Waals surface area (Å²) < 4.78 is 7.38. The second-order valence-corrected chi connectivity index (χ2v) is 7.84. The lowest BCUT2D eigenvalue weighted by atomic mass is 10.1. The van der Waals surface area contributed by atoms with Crippen molar-refractivity contribution in [2.24, 2.45) is 0 Å². The van der Waals surface area contributed by atoms with Gasteiger partial charge in [0.25, 0.3) is 5.91 Å². The standard InChI is InChI=1S/C25H24ClN3O2/c1-3-31-23-12-8-19(9-13-23)17(2)28-25(30)20-6-7-21-15-27-29(24(21)14-20)16-18-4-10-22(26)11-5-18/h4-15,17H,3,16H2,1-2H3,(H,28,30)/t17-/m1/s1. The van der Waals surface area contributed by atoms with Crippen LogP contribution in [0.3, 0.4) is 0 Å². The third-order valence-corrected chi connectivity index (χ3v) is 5.44. The summed E-state index contributed by atoms with van der Waals surface area (Å²) in [5, 5.41) is 9.25. The van der Waals surface area contributed by atoms with Crippen LogP contribution in [0.2, 0.25) is 5.02 Å². The highest BCUT2D eigenvalue weighted by Crippen LogP contribution is 2.21. The van der Waals surface area contributed by atoms with Gasteiger partial charge in [-0.3, -0.25) is 9.48 Å². The van der Waals surface area contributed by atoms with Crippen molar-refractivity contribution in [2.75, 3.05) is 6.61 Å². The van der Waals surface area contributed by atoms with Gasteiger partial charge in [0.15, 0.2) is 0 Å². The van der Waals surface area contributed by atoms with E-state index in [0.717, 1.165) is 27.8 Å². The van der Waals surface area contributed by atoms with E-state index in [0.29, 0.717) is 23.7 Å². The summed E-state index contributed by atoms with van der Waals surface area (Å²) in [6.45, 7) is 5.16. The number of carbonyl (C=O) groups is 1. The second kappa shape index (κ2) is 9.23. The highest BCUT2D eigenvalue weighted by Gasteiger charge is 2.14. The van der Waals surface area contributed by atoms with Crippen molar-refractivity contribution in [3.05, 3.63) is 94.6 Å². The Morgan fingerprint density at radius 1 is 1.10 bits per heavy atom. The summed E-state index contributed by atoms with van der Waals surface area (Å²) in [4.78, 5) is 12.9. The molecule has 4 rings (SSSR count). The van der Waals surface area contributed by atoms with Crippen LogP contribution in [-0.2, 0) is 6.54 Å². The average Bonchev–Trinajstić information content (AvgIpc) is 3.18. The summed E-state index contributed by atoms with van der Waals surface area (Å²) in [7, 11) is 0. The minimum absolute atomic E-state index is 0.123. The van der Waals surface area contributed by atoms with E-state index < -0.39 is 0 Å². The van der Waals surface area contributed by atoms with Crippen LogP contribution in [0.5, 0.6) is 5.75 Å². The number of nitrogens with one attached hydrogen (secondary N) is 1. The number of hydrogen-bond acceptors (Lipinski definition) is 3. The zero-order valence-electron chi connectivity index (χ0n) is 17.5. The molecule has 6 heteroatoms. The highest BCUT2D eigenvalue weighted by molar-refractivity contribution is 6.30. The molecule has 3 aromatic carbocycles. The van der Waals surface area contributed by atoms with Gasteiger partial charge in [-0.25, -0.2) is 0 Å². The minimum Gasteiger partial charge on any atom is -0.494 e. The van der Waals surface area contributed by atoms with Gasteiger partial charge in [0.05, 0.1) is 30.9 Å².